The van der Waals surface area contributed by atoms with E-state index in [1.807, 2.05) is 25.1 Å². The predicted molar refractivity (Wildman–Crippen MR) is 166 cm³/mol. The molecule has 6 rings (SSSR count). The summed E-state index contributed by atoms with van der Waals surface area (Å²) in [5, 5.41) is 2.04. The SMILES string of the molecule is C=NC1(C)C(=C)C[n+]2ccc(-c3ccc(F)cc3)cc2-c2c(ccc3c2oc2nc(C)ccc23)CCC1/C(C)=C/C. The molecule has 4 heterocycles. The Kier molecular flexibility index (Phi) is 6.69. The minimum absolute atomic E-state index is 0.154. The number of nitrogens with zero attached hydrogens (tertiary/aromatic N) is 3. The van der Waals surface area contributed by atoms with Crippen LogP contribution in [0.1, 0.15) is 38.4 Å². The molecule has 0 radical (unpaired) electrons. The Balaban J connectivity index is 1.66. The highest BCUT2D eigenvalue weighted by atomic mass is 19.1. The number of rotatable bonds is 3. The highest BCUT2D eigenvalue weighted by Crippen LogP contribution is 2.42. The molecule has 0 N–H and O–H groups in total. The third kappa shape index (κ3) is 4.50. The van der Waals surface area contributed by atoms with E-state index in [0.717, 1.165) is 62.8 Å². The molecule has 1 aliphatic heterocycles. The third-order valence-corrected chi connectivity index (χ3v) is 8.99. The first-order valence-electron chi connectivity index (χ1n) is 14.1. The topological polar surface area (TPSA) is 42.3 Å². The fourth-order valence-corrected chi connectivity index (χ4v) is 6.33. The summed E-state index contributed by atoms with van der Waals surface area (Å²) in [5.74, 6) is -0.0978. The van der Waals surface area contributed by atoms with Crippen LogP contribution in [-0.4, -0.2) is 17.2 Å². The number of furan rings is 1. The molecular formula is C36H35FN3O+. The third-order valence-electron chi connectivity index (χ3n) is 8.99. The van der Waals surface area contributed by atoms with Gasteiger partial charge in [-0.2, -0.15) is 4.57 Å². The van der Waals surface area contributed by atoms with Crippen molar-refractivity contribution in [1.82, 2.24) is 4.98 Å². The largest absolute Gasteiger partial charge is 0.437 e. The van der Waals surface area contributed by atoms with Gasteiger partial charge in [-0.3, -0.25) is 4.99 Å². The van der Waals surface area contributed by atoms with E-state index in [1.165, 1.54) is 23.3 Å². The summed E-state index contributed by atoms with van der Waals surface area (Å²) in [4.78, 5) is 9.41. The summed E-state index contributed by atoms with van der Waals surface area (Å²) in [6.07, 6.45) is 5.98. The summed E-state index contributed by atoms with van der Waals surface area (Å²) >= 11 is 0. The van der Waals surface area contributed by atoms with Gasteiger partial charge in [0.25, 0.3) is 0 Å². The second-order valence-electron chi connectivity index (χ2n) is 11.4. The van der Waals surface area contributed by atoms with E-state index in [0.29, 0.717) is 12.3 Å². The quantitative estimate of drug-likeness (QED) is 0.130. The molecule has 1 aliphatic rings. The highest BCUT2D eigenvalue weighted by Gasteiger charge is 2.40. The van der Waals surface area contributed by atoms with Crippen molar-refractivity contribution in [3.8, 4) is 22.4 Å². The molecule has 4 nitrogen and oxygen atoms in total. The number of allylic oxidation sites excluding steroid dienone is 1. The first kappa shape index (κ1) is 26.8. The number of fused-ring (bicyclic) bond motifs is 7. The van der Waals surface area contributed by atoms with Gasteiger partial charge in [-0.1, -0.05) is 42.5 Å². The minimum Gasteiger partial charge on any atom is -0.437 e. The number of aromatic nitrogens is 2. The van der Waals surface area contributed by atoms with E-state index in [1.54, 1.807) is 0 Å². The van der Waals surface area contributed by atoms with E-state index in [4.69, 9.17) is 14.4 Å². The van der Waals surface area contributed by atoms with Crippen molar-refractivity contribution in [2.45, 2.75) is 52.6 Å². The van der Waals surface area contributed by atoms with Gasteiger partial charge in [0.2, 0.25) is 11.4 Å². The molecule has 0 fully saturated rings. The second kappa shape index (κ2) is 10.2. The van der Waals surface area contributed by atoms with Gasteiger partial charge in [0.1, 0.15) is 5.82 Å². The molecule has 0 saturated carbocycles. The van der Waals surface area contributed by atoms with Gasteiger partial charge in [0.05, 0.1) is 11.1 Å². The molecule has 41 heavy (non-hydrogen) atoms. The van der Waals surface area contributed by atoms with Crippen LogP contribution in [0.2, 0.25) is 0 Å². The summed E-state index contributed by atoms with van der Waals surface area (Å²) < 4.78 is 22.6. The Morgan fingerprint density at radius 1 is 1.10 bits per heavy atom. The van der Waals surface area contributed by atoms with Crippen molar-refractivity contribution in [3.05, 3.63) is 108 Å². The first-order valence-corrected chi connectivity index (χ1v) is 14.1. The first-order chi connectivity index (χ1) is 19.7. The van der Waals surface area contributed by atoms with Crippen LogP contribution >= 0.6 is 0 Å². The average Bonchev–Trinajstić information content (AvgIpc) is 3.34. The zero-order chi connectivity index (χ0) is 28.9. The molecular weight excluding hydrogens is 509 g/mol. The van der Waals surface area contributed by atoms with Gasteiger partial charge in [0.15, 0.2) is 18.3 Å². The zero-order valence-corrected chi connectivity index (χ0v) is 24.2. The number of pyridine rings is 2. The molecule has 2 aromatic carbocycles. The number of hydrogen-bond donors (Lipinski definition) is 0. The monoisotopic (exact) mass is 544 g/mol. The predicted octanol–water partition coefficient (Wildman–Crippen LogP) is 8.59. The minimum atomic E-state index is -0.529. The molecule has 3 aromatic heterocycles. The van der Waals surface area contributed by atoms with Crippen molar-refractivity contribution < 1.29 is 13.4 Å². The molecule has 0 aliphatic carbocycles. The number of aliphatic imine (C=N–C) groups is 1. The Hall–Kier alpha value is -4.38. The molecule has 0 amide bonds. The van der Waals surface area contributed by atoms with Crippen LogP contribution in [0.15, 0.2) is 100 Å². The van der Waals surface area contributed by atoms with Crippen LogP contribution in [-0.2, 0) is 13.0 Å². The van der Waals surface area contributed by atoms with E-state index < -0.39 is 5.54 Å². The van der Waals surface area contributed by atoms with Gasteiger partial charge in [0, 0.05) is 40.1 Å². The maximum Gasteiger partial charge on any atom is 0.227 e. The Morgan fingerprint density at radius 2 is 1.85 bits per heavy atom. The van der Waals surface area contributed by atoms with Crippen molar-refractivity contribution in [3.63, 3.8) is 0 Å². The molecule has 2 atom stereocenters. The van der Waals surface area contributed by atoms with Crippen LogP contribution in [0, 0.1) is 18.7 Å². The fraction of sp³-hybridized carbons (Fsp3) is 0.250. The van der Waals surface area contributed by atoms with E-state index in [2.05, 4.69) is 81.2 Å². The summed E-state index contributed by atoms with van der Waals surface area (Å²) in [7, 11) is 0. The number of benzene rings is 2. The van der Waals surface area contributed by atoms with Crippen LogP contribution < -0.4 is 4.57 Å². The van der Waals surface area contributed by atoms with E-state index in [-0.39, 0.29) is 11.7 Å². The normalized spacial score (nSPS) is 19.7. The lowest BCUT2D eigenvalue weighted by atomic mass is 9.72. The van der Waals surface area contributed by atoms with Gasteiger partial charge in [-0.15, -0.1) is 0 Å². The highest BCUT2D eigenvalue weighted by molar-refractivity contribution is 6.09. The smallest absolute Gasteiger partial charge is 0.227 e. The number of hydrogen-bond acceptors (Lipinski definition) is 3. The summed E-state index contributed by atoms with van der Waals surface area (Å²) in [5.41, 5.74) is 9.35. The second-order valence-corrected chi connectivity index (χ2v) is 11.4. The van der Waals surface area contributed by atoms with Gasteiger partial charge < -0.3 is 4.42 Å². The number of halogens is 1. The van der Waals surface area contributed by atoms with E-state index >= 15 is 0 Å². The van der Waals surface area contributed by atoms with Crippen molar-refractivity contribution in [1.29, 1.82) is 0 Å². The molecule has 2 unspecified atom stereocenters. The number of aryl methyl sites for hydroxylation is 2. The zero-order valence-electron chi connectivity index (χ0n) is 24.2. The lowest BCUT2D eigenvalue weighted by Gasteiger charge is -2.36. The lowest BCUT2D eigenvalue weighted by Crippen LogP contribution is -2.45. The maximum atomic E-state index is 13.8. The molecule has 0 spiro atoms. The maximum absolute atomic E-state index is 13.8. The molecule has 5 heteroatoms. The molecule has 0 saturated heterocycles. The molecule has 206 valence electrons. The van der Waals surface area contributed by atoms with Crippen molar-refractivity contribution >= 4 is 28.8 Å². The fourth-order valence-electron chi connectivity index (χ4n) is 6.33. The Morgan fingerprint density at radius 3 is 2.59 bits per heavy atom. The van der Waals surface area contributed by atoms with Gasteiger partial charge in [-0.25, -0.2) is 9.37 Å². The van der Waals surface area contributed by atoms with Gasteiger partial charge in [-0.05, 0) is 88.2 Å². The van der Waals surface area contributed by atoms with Gasteiger partial charge >= 0.3 is 0 Å². The Bertz CT molecular complexity index is 1860. The molecule has 5 aromatic rings. The van der Waals surface area contributed by atoms with Crippen LogP contribution in [0.4, 0.5) is 4.39 Å². The van der Waals surface area contributed by atoms with Crippen LogP contribution in [0.3, 0.4) is 0 Å². The standard InChI is InChI=1S/C36H35FN3O/c1-7-22(2)31-17-12-26-11-16-29-30-15-8-24(4)39-35(30)41-34(29)33(26)32-20-27(25-9-13-28(37)14-10-25)18-19-40(32)21-23(3)36(31,5)38-6/h7-11,13-16,18-20,31H,3,6,12,17,21H2,1-2,4-5H3/q+1/b22-7+. The van der Waals surface area contributed by atoms with Crippen LogP contribution in [0.5, 0.6) is 0 Å². The average molecular weight is 545 g/mol. The Labute approximate surface area is 240 Å². The molecule has 0 bridgehead atoms. The van der Waals surface area contributed by atoms with E-state index in [9.17, 15) is 4.39 Å². The van der Waals surface area contributed by atoms with Crippen molar-refractivity contribution in [2.24, 2.45) is 10.9 Å². The van der Waals surface area contributed by atoms with Crippen molar-refractivity contribution in [2.75, 3.05) is 0 Å². The summed E-state index contributed by atoms with van der Waals surface area (Å²) in [6, 6.07) is 19.4. The lowest BCUT2D eigenvalue weighted by molar-refractivity contribution is -0.678. The summed E-state index contributed by atoms with van der Waals surface area (Å²) in [6.45, 7) is 17.6. The van der Waals surface area contributed by atoms with Crippen LogP contribution in [0.25, 0.3) is 44.5 Å².